The molecule has 0 fully saturated rings. The first kappa shape index (κ1) is 26.6. The summed E-state index contributed by atoms with van der Waals surface area (Å²) in [5.41, 5.74) is 8.48. The van der Waals surface area contributed by atoms with E-state index in [0.29, 0.717) is 0 Å². The number of benzene rings is 7. The van der Waals surface area contributed by atoms with E-state index in [0.717, 1.165) is 56.1 Å². The second-order valence-electron chi connectivity index (χ2n) is 11.4. The van der Waals surface area contributed by atoms with Crippen LogP contribution in [0.2, 0.25) is 0 Å². The molecule has 46 heavy (non-hydrogen) atoms. The van der Waals surface area contributed by atoms with Crippen LogP contribution in [0.15, 0.2) is 174 Å². The molecule has 0 aliphatic carbocycles. The maximum atomic E-state index is 6.35. The molecule has 0 aliphatic rings. The van der Waals surface area contributed by atoms with Crippen LogP contribution in [-0.4, -0.2) is 0 Å². The standard InChI is InChI=1S/C42H28N2OS/c1-4-14-29(15-5-1)43(30-16-6-2-7-17-30)37-23-12-21-35-41-36(22-13-25-40(41)46-42(35)37)44(31-18-8-3-9-19-31)32-26-27-34-33-20-10-11-24-38(33)45-39(34)28-32/h1-28H. The van der Waals surface area contributed by atoms with Gasteiger partial charge in [-0.15, -0.1) is 11.3 Å². The lowest BCUT2D eigenvalue weighted by atomic mass is 10.1. The molecule has 4 heteroatoms. The number of furan rings is 1. The molecule has 0 atom stereocenters. The maximum Gasteiger partial charge on any atom is 0.137 e. The Morgan fingerprint density at radius 1 is 0.391 bits per heavy atom. The predicted molar refractivity (Wildman–Crippen MR) is 196 cm³/mol. The van der Waals surface area contributed by atoms with E-state index < -0.39 is 0 Å². The van der Waals surface area contributed by atoms with Crippen LogP contribution >= 0.6 is 11.3 Å². The molecule has 0 radical (unpaired) electrons. The summed E-state index contributed by atoms with van der Waals surface area (Å²) in [6.45, 7) is 0. The first-order chi connectivity index (χ1) is 22.8. The van der Waals surface area contributed by atoms with Crippen LogP contribution in [0.1, 0.15) is 0 Å². The van der Waals surface area contributed by atoms with Crippen LogP contribution in [0.3, 0.4) is 0 Å². The van der Waals surface area contributed by atoms with Gasteiger partial charge in [-0.1, -0.05) is 91.0 Å². The first-order valence-corrected chi connectivity index (χ1v) is 16.3. The van der Waals surface area contributed by atoms with Gasteiger partial charge in [0.25, 0.3) is 0 Å². The molecule has 0 aliphatic heterocycles. The third-order valence-electron chi connectivity index (χ3n) is 8.63. The highest BCUT2D eigenvalue weighted by Gasteiger charge is 2.22. The summed E-state index contributed by atoms with van der Waals surface area (Å²) in [6, 6.07) is 60.0. The Hall–Kier alpha value is -5.84. The van der Waals surface area contributed by atoms with Gasteiger partial charge in [-0.2, -0.15) is 0 Å². The van der Waals surface area contributed by atoms with Crippen molar-refractivity contribution in [1.29, 1.82) is 0 Å². The van der Waals surface area contributed by atoms with Gasteiger partial charge in [0, 0.05) is 55.1 Å². The zero-order valence-electron chi connectivity index (χ0n) is 24.9. The maximum absolute atomic E-state index is 6.35. The van der Waals surface area contributed by atoms with E-state index >= 15 is 0 Å². The summed E-state index contributed by atoms with van der Waals surface area (Å²) in [5, 5.41) is 4.72. The highest BCUT2D eigenvalue weighted by molar-refractivity contribution is 7.26. The van der Waals surface area contributed by atoms with Crippen molar-refractivity contribution in [3.05, 3.63) is 170 Å². The summed E-state index contributed by atoms with van der Waals surface area (Å²) in [5.74, 6) is 0. The van der Waals surface area contributed by atoms with Crippen molar-refractivity contribution in [2.45, 2.75) is 0 Å². The van der Waals surface area contributed by atoms with Gasteiger partial charge in [-0.05, 0) is 72.8 Å². The van der Waals surface area contributed by atoms with Crippen LogP contribution in [-0.2, 0) is 0 Å². The molecule has 3 nitrogen and oxygen atoms in total. The Bertz CT molecular complexity index is 2440. The number of fused-ring (bicyclic) bond motifs is 6. The number of anilines is 6. The minimum absolute atomic E-state index is 0.880. The van der Waals surface area contributed by atoms with Crippen molar-refractivity contribution in [2.75, 3.05) is 9.80 Å². The number of hydrogen-bond acceptors (Lipinski definition) is 4. The smallest absolute Gasteiger partial charge is 0.137 e. The van der Waals surface area contributed by atoms with Gasteiger partial charge in [0.1, 0.15) is 11.2 Å². The summed E-state index contributed by atoms with van der Waals surface area (Å²) in [6.07, 6.45) is 0. The zero-order valence-corrected chi connectivity index (χ0v) is 25.7. The number of para-hydroxylation sites is 4. The van der Waals surface area contributed by atoms with Crippen LogP contribution in [0.5, 0.6) is 0 Å². The van der Waals surface area contributed by atoms with Gasteiger partial charge in [0.05, 0.1) is 16.1 Å². The second kappa shape index (κ2) is 11.0. The van der Waals surface area contributed by atoms with Crippen LogP contribution in [0, 0.1) is 0 Å². The Morgan fingerprint density at radius 2 is 0.935 bits per heavy atom. The normalized spacial score (nSPS) is 11.5. The molecule has 2 aromatic heterocycles. The molecule has 0 amide bonds. The van der Waals surface area contributed by atoms with Crippen LogP contribution in [0.25, 0.3) is 42.1 Å². The van der Waals surface area contributed by atoms with Gasteiger partial charge in [0.15, 0.2) is 0 Å². The fourth-order valence-corrected chi connectivity index (χ4v) is 7.84. The minimum atomic E-state index is 0.880. The lowest BCUT2D eigenvalue weighted by molar-refractivity contribution is 0.669. The first-order valence-electron chi connectivity index (χ1n) is 15.4. The fraction of sp³-hybridized carbons (Fsp3) is 0. The molecule has 7 aromatic carbocycles. The molecular weight excluding hydrogens is 581 g/mol. The summed E-state index contributed by atoms with van der Waals surface area (Å²) < 4.78 is 8.84. The minimum Gasteiger partial charge on any atom is -0.456 e. The van der Waals surface area contributed by atoms with Crippen molar-refractivity contribution in [3.8, 4) is 0 Å². The van der Waals surface area contributed by atoms with Gasteiger partial charge in [-0.3, -0.25) is 0 Å². The number of thiophene rings is 1. The zero-order chi connectivity index (χ0) is 30.5. The topological polar surface area (TPSA) is 19.6 Å². The van der Waals surface area contributed by atoms with Gasteiger partial charge >= 0.3 is 0 Å². The average molecular weight is 609 g/mol. The second-order valence-corrected chi connectivity index (χ2v) is 12.4. The molecular formula is C42H28N2OS. The van der Waals surface area contributed by atoms with Crippen LogP contribution in [0.4, 0.5) is 34.1 Å². The van der Waals surface area contributed by atoms with E-state index in [1.54, 1.807) is 0 Å². The van der Waals surface area contributed by atoms with Gasteiger partial charge in [-0.25, -0.2) is 0 Å². The number of rotatable bonds is 6. The predicted octanol–water partition coefficient (Wildman–Crippen LogP) is 12.9. The Balaban J connectivity index is 1.29. The molecule has 9 rings (SSSR count). The lowest BCUT2D eigenvalue weighted by Crippen LogP contribution is -2.10. The number of nitrogens with zero attached hydrogens (tertiary/aromatic N) is 2. The molecule has 0 saturated carbocycles. The Kier molecular flexibility index (Phi) is 6.32. The Labute approximate surface area is 270 Å². The molecule has 0 saturated heterocycles. The third-order valence-corrected chi connectivity index (χ3v) is 9.82. The van der Waals surface area contributed by atoms with Crippen molar-refractivity contribution in [1.82, 2.24) is 0 Å². The van der Waals surface area contributed by atoms with Gasteiger partial charge < -0.3 is 14.2 Å². The summed E-state index contributed by atoms with van der Waals surface area (Å²) >= 11 is 1.85. The van der Waals surface area contributed by atoms with E-state index in [2.05, 4.69) is 168 Å². The molecule has 0 unspecified atom stereocenters. The van der Waals surface area contributed by atoms with E-state index in [4.69, 9.17) is 4.42 Å². The monoisotopic (exact) mass is 608 g/mol. The Morgan fingerprint density at radius 3 is 1.63 bits per heavy atom. The SMILES string of the molecule is c1ccc(N(c2ccccc2)c2cccc3c2sc2cccc(N(c4ccccc4)c4ccc5c(c4)oc4ccccc45)c23)cc1. The van der Waals surface area contributed by atoms with Crippen molar-refractivity contribution >= 4 is 87.6 Å². The van der Waals surface area contributed by atoms with E-state index in [1.807, 2.05) is 23.5 Å². The molecule has 0 bridgehead atoms. The lowest BCUT2D eigenvalue weighted by Gasteiger charge is -2.27. The molecule has 0 spiro atoms. The molecule has 218 valence electrons. The summed E-state index contributed by atoms with van der Waals surface area (Å²) in [7, 11) is 0. The highest BCUT2D eigenvalue weighted by atomic mass is 32.1. The van der Waals surface area contributed by atoms with E-state index in [9.17, 15) is 0 Å². The molecule has 2 heterocycles. The van der Waals surface area contributed by atoms with Crippen molar-refractivity contribution in [3.63, 3.8) is 0 Å². The largest absolute Gasteiger partial charge is 0.456 e. The van der Waals surface area contributed by atoms with E-state index in [-0.39, 0.29) is 0 Å². The van der Waals surface area contributed by atoms with Crippen molar-refractivity contribution < 1.29 is 4.42 Å². The van der Waals surface area contributed by atoms with Crippen LogP contribution < -0.4 is 9.80 Å². The fourth-order valence-electron chi connectivity index (χ4n) is 6.62. The third kappa shape index (κ3) is 4.34. The number of hydrogen-bond donors (Lipinski definition) is 0. The van der Waals surface area contributed by atoms with Crippen molar-refractivity contribution in [2.24, 2.45) is 0 Å². The average Bonchev–Trinajstić information content (AvgIpc) is 3.69. The quantitative estimate of drug-likeness (QED) is 0.187. The van der Waals surface area contributed by atoms with Gasteiger partial charge in [0.2, 0.25) is 0 Å². The van der Waals surface area contributed by atoms with E-state index in [1.165, 1.54) is 20.2 Å². The summed E-state index contributed by atoms with van der Waals surface area (Å²) in [4.78, 5) is 4.72. The highest BCUT2D eigenvalue weighted by Crippen LogP contribution is 2.49. The molecule has 9 aromatic rings. The molecule has 0 N–H and O–H groups in total.